The normalized spacial score (nSPS) is 30.0. The summed E-state index contributed by atoms with van der Waals surface area (Å²) < 4.78 is 4.52. The molecule has 0 bridgehead atoms. The Hall–Kier alpha value is -2.19. The Labute approximate surface area is 124 Å². The van der Waals surface area contributed by atoms with E-state index in [0.717, 1.165) is 0 Å². The lowest BCUT2D eigenvalue weighted by molar-refractivity contribution is -0.134. The lowest BCUT2D eigenvalue weighted by Crippen LogP contribution is -2.49. The molecule has 0 fully saturated rings. The van der Waals surface area contributed by atoms with E-state index >= 15 is 0 Å². The van der Waals surface area contributed by atoms with Gasteiger partial charge in [-0.05, 0) is 44.1 Å². The third kappa shape index (κ3) is 3.29. The topological polar surface area (TPSA) is 87.4 Å². The molecule has 0 unspecified atom stereocenters. The molecule has 0 amide bonds. The first-order chi connectivity index (χ1) is 9.68. The summed E-state index contributed by atoms with van der Waals surface area (Å²) >= 11 is 0. The van der Waals surface area contributed by atoms with Crippen molar-refractivity contribution in [3.8, 4) is 6.07 Å². The molecule has 2 atom stereocenters. The van der Waals surface area contributed by atoms with Gasteiger partial charge < -0.3 is 9.84 Å². The van der Waals surface area contributed by atoms with Crippen molar-refractivity contribution in [3.05, 3.63) is 35.5 Å². The molecule has 0 heterocycles. The van der Waals surface area contributed by atoms with E-state index in [-0.39, 0.29) is 12.2 Å². The number of carbonyl (C=O) groups excluding carboxylic acids is 2. The highest BCUT2D eigenvalue weighted by Crippen LogP contribution is 2.44. The molecule has 0 aromatic heterocycles. The largest absolute Gasteiger partial charge is 0.466 e. The molecule has 21 heavy (non-hydrogen) atoms. The molecule has 0 aliphatic heterocycles. The maximum atomic E-state index is 11.6. The number of carbonyl (C=O) groups is 2. The zero-order chi connectivity index (χ0) is 16.3. The summed E-state index contributed by atoms with van der Waals surface area (Å²) in [7, 11) is 1.27. The number of rotatable bonds is 3. The van der Waals surface area contributed by atoms with Gasteiger partial charge in [0.1, 0.15) is 5.60 Å². The second-order valence-corrected chi connectivity index (χ2v) is 5.43. The molecule has 0 aromatic rings. The smallest absolute Gasteiger partial charge is 0.330 e. The molecule has 0 saturated carbocycles. The van der Waals surface area contributed by atoms with Crippen LogP contribution < -0.4 is 0 Å². The quantitative estimate of drug-likeness (QED) is 0.486. The number of ketones is 1. The Morgan fingerprint density at radius 3 is 2.71 bits per heavy atom. The van der Waals surface area contributed by atoms with Crippen LogP contribution in [-0.2, 0) is 14.3 Å². The van der Waals surface area contributed by atoms with E-state index in [1.54, 1.807) is 26.8 Å². The predicted molar refractivity (Wildman–Crippen MR) is 77.0 cm³/mol. The highest BCUT2D eigenvalue weighted by atomic mass is 16.5. The van der Waals surface area contributed by atoms with Crippen LogP contribution in [0.5, 0.6) is 0 Å². The van der Waals surface area contributed by atoms with E-state index in [4.69, 9.17) is 0 Å². The average molecular weight is 289 g/mol. The lowest BCUT2D eigenvalue weighted by Gasteiger charge is -2.41. The van der Waals surface area contributed by atoms with Crippen molar-refractivity contribution in [1.82, 2.24) is 0 Å². The van der Waals surface area contributed by atoms with Crippen molar-refractivity contribution in [3.63, 3.8) is 0 Å². The third-order valence-electron chi connectivity index (χ3n) is 3.73. The van der Waals surface area contributed by atoms with E-state index < -0.39 is 17.0 Å². The van der Waals surface area contributed by atoms with E-state index in [1.807, 2.05) is 6.07 Å². The van der Waals surface area contributed by atoms with E-state index in [9.17, 15) is 20.0 Å². The van der Waals surface area contributed by atoms with Crippen molar-refractivity contribution in [2.75, 3.05) is 7.11 Å². The minimum Gasteiger partial charge on any atom is -0.466 e. The molecule has 112 valence electrons. The highest BCUT2D eigenvalue weighted by molar-refractivity contribution is 5.93. The van der Waals surface area contributed by atoms with Gasteiger partial charge in [0.2, 0.25) is 0 Å². The van der Waals surface area contributed by atoms with Crippen LogP contribution in [0, 0.1) is 16.7 Å². The molecule has 0 radical (unpaired) electrons. The first-order valence-electron chi connectivity index (χ1n) is 6.49. The second kappa shape index (κ2) is 6.06. The Morgan fingerprint density at radius 1 is 1.57 bits per heavy atom. The van der Waals surface area contributed by atoms with Gasteiger partial charge in [-0.15, -0.1) is 0 Å². The van der Waals surface area contributed by atoms with E-state index in [2.05, 4.69) is 4.74 Å². The van der Waals surface area contributed by atoms with E-state index in [1.165, 1.54) is 25.3 Å². The first kappa shape index (κ1) is 16.9. The standard InChI is InChI=1S/C16H19NO4/c1-11(7-14(19)21-4)5-6-16(20)12(2)8-13(18)9-15(16,3)10-17/h5-8,20H,9H2,1-4H3/b6-5+,11-7-/t15-,16-/m1/s1. The van der Waals surface area contributed by atoms with Crippen LogP contribution in [0.15, 0.2) is 35.5 Å². The Bertz CT molecular complexity index is 594. The number of hydrogen-bond donors (Lipinski definition) is 1. The van der Waals surface area contributed by atoms with Gasteiger partial charge >= 0.3 is 5.97 Å². The van der Waals surface area contributed by atoms with Crippen LogP contribution in [0.2, 0.25) is 0 Å². The molecule has 1 N–H and O–H groups in total. The molecule has 0 spiro atoms. The van der Waals surface area contributed by atoms with Crippen LogP contribution in [0.3, 0.4) is 0 Å². The number of aliphatic hydroxyl groups is 1. The summed E-state index contributed by atoms with van der Waals surface area (Å²) in [6.45, 7) is 4.83. The minimum absolute atomic E-state index is 0.0541. The Morgan fingerprint density at radius 2 is 2.19 bits per heavy atom. The highest BCUT2D eigenvalue weighted by Gasteiger charge is 2.50. The lowest BCUT2D eigenvalue weighted by atomic mass is 9.64. The number of ether oxygens (including phenoxy) is 1. The maximum Gasteiger partial charge on any atom is 0.330 e. The van der Waals surface area contributed by atoms with Crippen LogP contribution in [0.4, 0.5) is 0 Å². The maximum absolute atomic E-state index is 11.6. The van der Waals surface area contributed by atoms with Gasteiger partial charge in [-0.2, -0.15) is 5.26 Å². The van der Waals surface area contributed by atoms with Crippen molar-refractivity contribution < 1.29 is 19.4 Å². The number of esters is 1. The molecule has 1 aliphatic carbocycles. The fourth-order valence-corrected chi connectivity index (χ4v) is 2.31. The molecule has 0 aromatic carbocycles. The monoisotopic (exact) mass is 289 g/mol. The zero-order valence-electron chi connectivity index (χ0n) is 12.6. The van der Waals surface area contributed by atoms with Gasteiger partial charge in [0.05, 0.1) is 18.6 Å². The number of nitrogens with zero attached hydrogens (tertiary/aromatic N) is 1. The molecule has 1 rings (SSSR count). The molecular formula is C16H19NO4. The summed E-state index contributed by atoms with van der Waals surface area (Å²) in [4.78, 5) is 22.8. The van der Waals surface area contributed by atoms with Gasteiger partial charge in [-0.3, -0.25) is 4.79 Å². The molecular weight excluding hydrogens is 270 g/mol. The Balaban J connectivity index is 3.21. The third-order valence-corrected chi connectivity index (χ3v) is 3.73. The van der Waals surface area contributed by atoms with Crippen LogP contribution >= 0.6 is 0 Å². The number of methoxy groups -OCH3 is 1. The number of nitriles is 1. The van der Waals surface area contributed by atoms with Gasteiger partial charge in [-0.1, -0.05) is 6.08 Å². The van der Waals surface area contributed by atoms with Gasteiger partial charge in [0.15, 0.2) is 5.78 Å². The fraction of sp³-hybridized carbons (Fsp3) is 0.438. The van der Waals surface area contributed by atoms with Crippen molar-refractivity contribution >= 4 is 11.8 Å². The van der Waals surface area contributed by atoms with Crippen LogP contribution in [0.1, 0.15) is 27.2 Å². The van der Waals surface area contributed by atoms with Crippen LogP contribution in [-0.4, -0.2) is 29.6 Å². The number of allylic oxidation sites excluding steroid dienone is 3. The van der Waals surface area contributed by atoms with Gasteiger partial charge in [-0.25, -0.2) is 4.79 Å². The molecule has 1 aliphatic rings. The summed E-state index contributed by atoms with van der Waals surface area (Å²) in [6.07, 6.45) is 5.56. The predicted octanol–water partition coefficient (Wildman–Crippen LogP) is 1.84. The molecule has 5 nitrogen and oxygen atoms in total. The molecule has 5 heteroatoms. The van der Waals surface area contributed by atoms with E-state index in [0.29, 0.717) is 11.1 Å². The minimum atomic E-state index is -1.55. The van der Waals surface area contributed by atoms with Crippen molar-refractivity contribution in [2.24, 2.45) is 5.41 Å². The van der Waals surface area contributed by atoms with Crippen molar-refractivity contribution in [1.29, 1.82) is 5.26 Å². The van der Waals surface area contributed by atoms with Crippen molar-refractivity contribution in [2.45, 2.75) is 32.8 Å². The molecule has 0 saturated heterocycles. The SMILES string of the molecule is COC(=O)/C=C(C)\C=C\[C@@]1(O)C(C)=CC(=O)C[C@]1(C)C#N. The van der Waals surface area contributed by atoms with Crippen LogP contribution in [0.25, 0.3) is 0 Å². The van der Waals surface area contributed by atoms with Gasteiger partial charge in [0, 0.05) is 12.5 Å². The summed E-state index contributed by atoms with van der Waals surface area (Å²) in [5.41, 5.74) is -1.82. The van der Waals surface area contributed by atoms with Gasteiger partial charge in [0.25, 0.3) is 0 Å². The first-order valence-corrected chi connectivity index (χ1v) is 6.49. The zero-order valence-corrected chi connectivity index (χ0v) is 12.6. The Kier molecular flexibility index (Phi) is 4.87. The summed E-state index contributed by atoms with van der Waals surface area (Å²) in [5.74, 6) is -0.685. The summed E-state index contributed by atoms with van der Waals surface area (Å²) in [5, 5.41) is 20.2. The number of hydrogen-bond acceptors (Lipinski definition) is 5. The summed E-state index contributed by atoms with van der Waals surface area (Å²) in [6, 6.07) is 2.03. The fourth-order valence-electron chi connectivity index (χ4n) is 2.31. The second-order valence-electron chi connectivity index (χ2n) is 5.43. The average Bonchev–Trinajstić information content (AvgIpc) is 2.42.